The summed E-state index contributed by atoms with van der Waals surface area (Å²) in [5.41, 5.74) is 1.99. The first-order valence-electron chi connectivity index (χ1n) is 6.16. The molecule has 0 aliphatic rings. The van der Waals surface area contributed by atoms with Gasteiger partial charge in [0.25, 0.3) is 0 Å². The first kappa shape index (κ1) is 15.5. The second-order valence-electron chi connectivity index (χ2n) is 3.93. The van der Waals surface area contributed by atoms with Crippen LogP contribution in [0.5, 0.6) is 0 Å². The maximum absolute atomic E-state index is 11.3. The van der Waals surface area contributed by atoms with Crippen LogP contribution in [-0.2, 0) is 20.7 Å². The number of thioether (sulfide) groups is 1. The van der Waals surface area contributed by atoms with Crippen molar-refractivity contribution in [3.63, 3.8) is 0 Å². The van der Waals surface area contributed by atoms with E-state index in [2.05, 4.69) is 0 Å². The Hall–Kier alpha value is -1.55. The Balaban J connectivity index is 2.47. The minimum atomic E-state index is -0.205. The van der Waals surface area contributed by atoms with Crippen molar-refractivity contribution in [3.05, 3.63) is 41.5 Å². The number of hydrogen-bond donors (Lipinski definition) is 0. The molecule has 1 aromatic rings. The average Bonchev–Trinajstić information content (AvgIpc) is 2.36. The number of esters is 1. The summed E-state index contributed by atoms with van der Waals surface area (Å²) in [6, 6.07) is 7.72. The molecule has 0 N–H and O–H groups in total. The Bertz CT molecular complexity index is 449. The number of carbonyl (C=O) groups is 2. The summed E-state index contributed by atoms with van der Waals surface area (Å²) < 4.78 is 4.89. The summed E-state index contributed by atoms with van der Waals surface area (Å²) in [5.74, 6) is 0.476. The lowest BCUT2D eigenvalue weighted by molar-refractivity contribution is -0.142. The van der Waals surface area contributed by atoms with Gasteiger partial charge in [0.05, 0.1) is 13.0 Å². The predicted octanol–water partition coefficient (Wildman–Crippen LogP) is 3.09. The number of benzene rings is 1. The van der Waals surface area contributed by atoms with E-state index in [4.69, 9.17) is 4.74 Å². The standard InChI is InChI=1S/C15H18O3S/c1-3-18-15(17)11-14-8-6-13(7-9-14)5-4-10-19-12(2)16/h4-9H,3,10-11H2,1-2H3. The minimum Gasteiger partial charge on any atom is -0.466 e. The largest absolute Gasteiger partial charge is 0.466 e. The molecule has 0 aliphatic carbocycles. The lowest BCUT2D eigenvalue weighted by Gasteiger charge is -2.02. The molecule has 0 spiro atoms. The van der Waals surface area contributed by atoms with E-state index in [0.717, 1.165) is 11.1 Å². The van der Waals surface area contributed by atoms with Gasteiger partial charge in [0.2, 0.25) is 0 Å². The second kappa shape index (κ2) is 8.53. The quantitative estimate of drug-likeness (QED) is 0.750. The van der Waals surface area contributed by atoms with Crippen molar-refractivity contribution in [2.75, 3.05) is 12.4 Å². The van der Waals surface area contributed by atoms with Crippen LogP contribution in [-0.4, -0.2) is 23.4 Å². The molecule has 3 nitrogen and oxygen atoms in total. The third kappa shape index (κ3) is 6.82. The highest BCUT2D eigenvalue weighted by Gasteiger charge is 2.02. The van der Waals surface area contributed by atoms with Crippen molar-refractivity contribution < 1.29 is 14.3 Å². The zero-order valence-electron chi connectivity index (χ0n) is 11.2. The van der Waals surface area contributed by atoms with Crippen LogP contribution in [0.3, 0.4) is 0 Å². The highest BCUT2D eigenvalue weighted by molar-refractivity contribution is 8.13. The molecule has 0 saturated carbocycles. The van der Waals surface area contributed by atoms with E-state index in [1.807, 2.05) is 36.4 Å². The molecule has 0 unspecified atom stereocenters. The van der Waals surface area contributed by atoms with Crippen LogP contribution < -0.4 is 0 Å². The minimum absolute atomic E-state index is 0.120. The van der Waals surface area contributed by atoms with E-state index in [0.29, 0.717) is 18.8 Å². The fourth-order valence-electron chi connectivity index (χ4n) is 1.47. The molecule has 19 heavy (non-hydrogen) atoms. The van der Waals surface area contributed by atoms with Crippen LogP contribution in [0.4, 0.5) is 0 Å². The van der Waals surface area contributed by atoms with E-state index in [1.54, 1.807) is 13.8 Å². The molecule has 0 heterocycles. The molecule has 0 aromatic heterocycles. The number of ether oxygens (including phenoxy) is 1. The fourth-order valence-corrected chi connectivity index (χ4v) is 1.90. The van der Waals surface area contributed by atoms with E-state index in [-0.39, 0.29) is 11.1 Å². The molecule has 1 aromatic carbocycles. The van der Waals surface area contributed by atoms with Crippen LogP contribution in [0.1, 0.15) is 25.0 Å². The van der Waals surface area contributed by atoms with Crippen LogP contribution >= 0.6 is 11.8 Å². The van der Waals surface area contributed by atoms with Crippen molar-refractivity contribution in [1.82, 2.24) is 0 Å². The summed E-state index contributed by atoms with van der Waals surface area (Å²) in [6.45, 7) is 3.76. The van der Waals surface area contributed by atoms with Crippen LogP contribution in [0, 0.1) is 0 Å². The van der Waals surface area contributed by atoms with Gasteiger partial charge in [-0.05, 0) is 18.1 Å². The van der Waals surface area contributed by atoms with Crippen LogP contribution in [0.2, 0.25) is 0 Å². The number of carbonyl (C=O) groups excluding carboxylic acids is 2. The predicted molar refractivity (Wildman–Crippen MR) is 79.0 cm³/mol. The van der Waals surface area contributed by atoms with Gasteiger partial charge in [-0.1, -0.05) is 48.2 Å². The Morgan fingerprint density at radius 1 is 1.26 bits per heavy atom. The SMILES string of the molecule is CCOC(=O)Cc1ccc(C=CCSC(C)=O)cc1. The summed E-state index contributed by atoms with van der Waals surface area (Å²) in [4.78, 5) is 22.0. The Morgan fingerprint density at radius 3 is 2.53 bits per heavy atom. The molecule has 0 aliphatic heterocycles. The van der Waals surface area contributed by atoms with Crippen LogP contribution in [0.25, 0.3) is 6.08 Å². The van der Waals surface area contributed by atoms with Crippen molar-refractivity contribution in [2.45, 2.75) is 20.3 Å². The van der Waals surface area contributed by atoms with Gasteiger partial charge in [-0.25, -0.2) is 0 Å². The van der Waals surface area contributed by atoms with E-state index < -0.39 is 0 Å². The molecule has 0 radical (unpaired) electrons. The molecule has 0 saturated heterocycles. The average molecular weight is 278 g/mol. The van der Waals surface area contributed by atoms with E-state index in [9.17, 15) is 9.59 Å². The van der Waals surface area contributed by atoms with Gasteiger partial charge in [-0.15, -0.1) is 0 Å². The first-order valence-corrected chi connectivity index (χ1v) is 7.15. The van der Waals surface area contributed by atoms with Gasteiger partial charge in [0.15, 0.2) is 5.12 Å². The first-order chi connectivity index (χ1) is 9.11. The maximum atomic E-state index is 11.3. The molecule has 102 valence electrons. The molecular weight excluding hydrogens is 260 g/mol. The van der Waals surface area contributed by atoms with Gasteiger partial charge >= 0.3 is 5.97 Å². The van der Waals surface area contributed by atoms with Gasteiger partial charge in [-0.3, -0.25) is 9.59 Å². The van der Waals surface area contributed by atoms with Crippen molar-refractivity contribution >= 4 is 28.9 Å². The number of hydrogen-bond acceptors (Lipinski definition) is 4. The zero-order valence-corrected chi connectivity index (χ0v) is 12.0. The zero-order chi connectivity index (χ0) is 14.1. The monoisotopic (exact) mass is 278 g/mol. The van der Waals surface area contributed by atoms with Crippen molar-refractivity contribution in [2.24, 2.45) is 0 Å². The second-order valence-corrected chi connectivity index (χ2v) is 5.13. The molecule has 4 heteroatoms. The highest BCUT2D eigenvalue weighted by Crippen LogP contribution is 2.09. The third-order valence-electron chi connectivity index (χ3n) is 2.33. The normalized spacial score (nSPS) is 10.6. The fraction of sp³-hybridized carbons (Fsp3) is 0.333. The Labute approximate surface area is 118 Å². The van der Waals surface area contributed by atoms with E-state index in [1.165, 1.54) is 11.8 Å². The Kier molecular flexibility index (Phi) is 6.97. The molecule has 1 rings (SSSR count). The molecule has 0 amide bonds. The molecule has 0 bridgehead atoms. The van der Waals surface area contributed by atoms with Gasteiger partial charge in [0, 0.05) is 12.7 Å². The molecular formula is C15H18O3S. The summed E-state index contributed by atoms with van der Waals surface area (Å²) in [6.07, 6.45) is 4.22. The highest BCUT2D eigenvalue weighted by atomic mass is 32.2. The topological polar surface area (TPSA) is 43.4 Å². The van der Waals surface area contributed by atoms with Gasteiger partial charge in [0.1, 0.15) is 0 Å². The van der Waals surface area contributed by atoms with Gasteiger partial charge < -0.3 is 4.74 Å². The Morgan fingerprint density at radius 2 is 1.95 bits per heavy atom. The lowest BCUT2D eigenvalue weighted by Crippen LogP contribution is -2.07. The summed E-state index contributed by atoms with van der Waals surface area (Å²) in [5, 5.41) is 0.120. The van der Waals surface area contributed by atoms with Crippen molar-refractivity contribution in [1.29, 1.82) is 0 Å². The smallest absolute Gasteiger partial charge is 0.310 e. The van der Waals surface area contributed by atoms with Crippen LogP contribution in [0.15, 0.2) is 30.3 Å². The molecule has 0 fully saturated rings. The van der Waals surface area contributed by atoms with Crippen molar-refractivity contribution in [3.8, 4) is 0 Å². The maximum Gasteiger partial charge on any atom is 0.310 e. The van der Waals surface area contributed by atoms with Gasteiger partial charge in [-0.2, -0.15) is 0 Å². The third-order valence-corrected chi connectivity index (χ3v) is 3.09. The van der Waals surface area contributed by atoms with E-state index >= 15 is 0 Å². The lowest BCUT2D eigenvalue weighted by atomic mass is 10.1. The molecule has 0 atom stereocenters. The summed E-state index contributed by atoms with van der Waals surface area (Å²) >= 11 is 1.28. The number of rotatable bonds is 6. The summed E-state index contributed by atoms with van der Waals surface area (Å²) in [7, 11) is 0.